The van der Waals surface area contributed by atoms with Crippen molar-refractivity contribution in [2.24, 2.45) is 0 Å². The monoisotopic (exact) mass is 491 g/mol. The summed E-state index contributed by atoms with van der Waals surface area (Å²) in [5.41, 5.74) is 3.60. The van der Waals surface area contributed by atoms with Gasteiger partial charge < -0.3 is 24.7 Å². The standard InChI is InChI=1S/C27H37N7O2/c1-4-6-19(3)33-14-11-24-25(33)26(36-23-9-7-20(8-10-23)28-5-2)32-27(31-24)30-21-17-29-34(18-21)22-12-15-35-16-13-22/h4,6,11,14,17-18,20,22-23,28H,1,5,7-10,12-13,15-16H2,2-3H3,(H,30,31,32)/b19-6+. The fourth-order valence-corrected chi connectivity index (χ4v) is 5.21. The van der Waals surface area contributed by atoms with E-state index in [9.17, 15) is 0 Å². The predicted molar refractivity (Wildman–Crippen MR) is 143 cm³/mol. The number of hydrogen-bond donors (Lipinski definition) is 2. The van der Waals surface area contributed by atoms with Crippen LogP contribution in [0.5, 0.6) is 5.88 Å². The molecule has 5 rings (SSSR count). The van der Waals surface area contributed by atoms with E-state index in [4.69, 9.17) is 19.4 Å². The van der Waals surface area contributed by atoms with Gasteiger partial charge in [-0.1, -0.05) is 19.6 Å². The van der Waals surface area contributed by atoms with Crippen molar-refractivity contribution in [1.29, 1.82) is 0 Å². The number of nitrogens with one attached hydrogen (secondary N) is 2. The van der Waals surface area contributed by atoms with Gasteiger partial charge in [0.05, 0.1) is 23.4 Å². The topological polar surface area (TPSA) is 91.1 Å². The maximum absolute atomic E-state index is 6.57. The lowest BCUT2D eigenvalue weighted by molar-refractivity contribution is 0.0662. The van der Waals surface area contributed by atoms with E-state index >= 15 is 0 Å². The summed E-state index contributed by atoms with van der Waals surface area (Å²) in [4.78, 5) is 9.65. The van der Waals surface area contributed by atoms with Crippen molar-refractivity contribution in [3.05, 3.63) is 43.4 Å². The molecule has 2 aliphatic rings. The number of anilines is 2. The Morgan fingerprint density at radius 2 is 2.00 bits per heavy atom. The van der Waals surface area contributed by atoms with Crippen LogP contribution in [0, 0.1) is 0 Å². The van der Waals surface area contributed by atoms with E-state index in [1.54, 1.807) is 6.08 Å². The second kappa shape index (κ2) is 11.3. The molecule has 0 aromatic carbocycles. The molecule has 3 aromatic heterocycles. The van der Waals surface area contributed by atoms with Gasteiger partial charge in [0.15, 0.2) is 0 Å². The summed E-state index contributed by atoms with van der Waals surface area (Å²) < 4.78 is 16.2. The Kier molecular flexibility index (Phi) is 7.67. The van der Waals surface area contributed by atoms with Gasteiger partial charge in [-0.25, -0.2) is 4.98 Å². The Morgan fingerprint density at radius 1 is 1.19 bits per heavy atom. The van der Waals surface area contributed by atoms with Crippen LogP contribution in [0.4, 0.5) is 11.6 Å². The van der Waals surface area contributed by atoms with Gasteiger partial charge in [-0.05, 0) is 64.1 Å². The zero-order valence-corrected chi connectivity index (χ0v) is 21.3. The molecular formula is C27H37N7O2. The van der Waals surface area contributed by atoms with Crippen molar-refractivity contribution in [3.8, 4) is 5.88 Å². The minimum absolute atomic E-state index is 0.133. The smallest absolute Gasteiger partial charge is 0.244 e. The van der Waals surface area contributed by atoms with E-state index in [1.807, 2.05) is 42.3 Å². The minimum Gasteiger partial charge on any atom is -0.473 e. The van der Waals surface area contributed by atoms with Crippen LogP contribution in [0.1, 0.15) is 58.4 Å². The summed E-state index contributed by atoms with van der Waals surface area (Å²) >= 11 is 0. The van der Waals surface area contributed by atoms with Crippen molar-refractivity contribution < 1.29 is 9.47 Å². The van der Waals surface area contributed by atoms with Gasteiger partial charge in [-0.2, -0.15) is 10.1 Å². The minimum atomic E-state index is 0.133. The molecule has 0 bridgehead atoms. The molecule has 4 heterocycles. The van der Waals surface area contributed by atoms with E-state index in [-0.39, 0.29) is 6.10 Å². The lowest BCUT2D eigenvalue weighted by Gasteiger charge is -2.29. The van der Waals surface area contributed by atoms with Crippen LogP contribution in [0.15, 0.2) is 43.4 Å². The molecule has 1 saturated carbocycles. The van der Waals surface area contributed by atoms with E-state index in [2.05, 4.69) is 33.8 Å². The normalized spacial score (nSPS) is 21.6. The Bertz CT molecular complexity index is 1200. The first-order valence-corrected chi connectivity index (χ1v) is 13.1. The van der Waals surface area contributed by atoms with E-state index < -0.39 is 0 Å². The molecule has 36 heavy (non-hydrogen) atoms. The molecule has 9 nitrogen and oxygen atoms in total. The van der Waals surface area contributed by atoms with Gasteiger partial charge in [0, 0.05) is 37.3 Å². The van der Waals surface area contributed by atoms with Gasteiger partial charge in [-0.3, -0.25) is 4.68 Å². The molecule has 9 heteroatoms. The molecular weight excluding hydrogens is 454 g/mol. The molecule has 0 radical (unpaired) electrons. The number of allylic oxidation sites excluding steroid dienone is 3. The molecule has 192 valence electrons. The van der Waals surface area contributed by atoms with Crippen LogP contribution in [0.3, 0.4) is 0 Å². The Hall–Kier alpha value is -3.17. The van der Waals surface area contributed by atoms with Crippen molar-refractivity contribution >= 4 is 28.4 Å². The molecule has 2 fully saturated rings. The fourth-order valence-electron chi connectivity index (χ4n) is 5.21. The number of aromatic nitrogens is 5. The number of fused-ring (bicyclic) bond motifs is 1. The van der Waals surface area contributed by atoms with Crippen LogP contribution in [0.2, 0.25) is 0 Å². The number of hydrogen-bond acceptors (Lipinski definition) is 7. The van der Waals surface area contributed by atoms with Crippen molar-refractivity contribution in [2.75, 3.05) is 25.1 Å². The summed E-state index contributed by atoms with van der Waals surface area (Å²) in [7, 11) is 0. The Morgan fingerprint density at radius 3 is 2.75 bits per heavy atom. The van der Waals surface area contributed by atoms with Crippen LogP contribution in [-0.2, 0) is 4.74 Å². The SMILES string of the molecule is C=C/C=C(\C)n1ccc2nc(Nc3cnn(C4CCOCC4)c3)nc(OC3CCC(NCC)CC3)c21. The summed E-state index contributed by atoms with van der Waals surface area (Å²) in [6, 6.07) is 2.94. The first-order chi connectivity index (χ1) is 17.6. The highest BCUT2D eigenvalue weighted by atomic mass is 16.5. The molecule has 2 N–H and O–H groups in total. The summed E-state index contributed by atoms with van der Waals surface area (Å²) in [6.07, 6.45) is 15.9. The lowest BCUT2D eigenvalue weighted by Crippen LogP contribution is -2.36. The van der Waals surface area contributed by atoms with Gasteiger partial charge in [0.1, 0.15) is 11.6 Å². The van der Waals surface area contributed by atoms with Crippen LogP contribution in [0.25, 0.3) is 16.7 Å². The second-order valence-corrected chi connectivity index (χ2v) is 9.64. The number of nitrogens with zero attached hydrogens (tertiary/aromatic N) is 5. The largest absolute Gasteiger partial charge is 0.473 e. The Balaban J connectivity index is 1.41. The van der Waals surface area contributed by atoms with Gasteiger partial charge >= 0.3 is 0 Å². The molecule has 0 amide bonds. The molecule has 1 aliphatic heterocycles. The molecule has 0 unspecified atom stereocenters. The third-order valence-corrected chi connectivity index (χ3v) is 7.11. The average Bonchev–Trinajstić information content (AvgIpc) is 3.54. The quantitative estimate of drug-likeness (QED) is 0.404. The van der Waals surface area contributed by atoms with Crippen molar-refractivity contribution in [2.45, 2.75) is 70.6 Å². The number of rotatable bonds is 9. The van der Waals surface area contributed by atoms with Gasteiger partial charge in [0.25, 0.3) is 0 Å². The summed E-state index contributed by atoms with van der Waals surface area (Å²) in [5, 5.41) is 11.5. The average molecular weight is 492 g/mol. The number of ether oxygens (including phenoxy) is 2. The van der Waals surface area contributed by atoms with E-state index in [0.717, 1.165) is 80.7 Å². The highest BCUT2D eigenvalue weighted by molar-refractivity contribution is 5.85. The highest BCUT2D eigenvalue weighted by Crippen LogP contribution is 2.32. The van der Waals surface area contributed by atoms with Crippen LogP contribution in [-0.4, -0.2) is 56.2 Å². The third-order valence-electron chi connectivity index (χ3n) is 7.11. The maximum atomic E-state index is 6.57. The molecule has 0 spiro atoms. The maximum Gasteiger partial charge on any atom is 0.244 e. The van der Waals surface area contributed by atoms with Gasteiger partial charge in [-0.15, -0.1) is 0 Å². The fraction of sp³-hybridized carbons (Fsp3) is 0.519. The van der Waals surface area contributed by atoms with Gasteiger partial charge in [0.2, 0.25) is 11.8 Å². The lowest BCUT2D eigenvalue weighted by atomic mass is 9.93. The van der Waals surface area contributed by atoms with E-state index in [0.29, 0.717) is 23.9 Å². The zero-order valence-electron chi connectivity index (χ0n) is 21.3. The van der Waals surface area contributed by atoms with Crippen LogP contribution < -0.4 is 15.4 Å². The molecule has 0 atom stereocenters. The highest BCUT2D eigenvalue weighted by Gasteiger charge is 2.25. The summed E-state index contributed by atoms with van der Waals surface area (Å²) in [5.74, 6) is 1.11. The first-order valence-electron chi connectivity index (χ1n) is 13.1. The molecule has 1 aliphatic carbocycles. The second-order valence-electron chi connectivity index (χ2n) is 9.64. The first kappa shape index (κ1) is 24.5. The summed E-state index contributed by atoms with van der Waals surface area (Å²) in [6.45, 7) is 10.6. The molecule has 3 aromatic rings. The zero-order chi connectivity index (χ0) is 24.9. The predicted octanol–water partition coefficient (Wildman–Crippen LogP) is 5.07. The Labute approximate surface area is 212 Å². The molecule has 1 saturated heterocycles. The van der Waals surface area contributed by atoms with Crippen molar-refractivity contribution in [3.63, 3.8) is 0 Å². The van der Waals surface area contributed by atoms with Crippen molar-refractivity contribution in [1.82, 2.24) is 29.6 Å². The van der Waals surface area contributed by atoms with Crippen LogP contribution >= 0.6 is 0 Å². The van der Waals surface area contributed by atoms with E-state index in [1.165, 1.54) is 0 Å². The third kappa shape index (κ3) is 5.47.